The largest absolute Gasteiger partial charge is 0.0722 e. The van der Waals surface area contributed by atoms with Crippen LogP contribution in [-0.4, -0.2) is 0 Å². The van der Waals surface area contributed by atoms with E-state index in [2.05, 4.69) is 128 Å². The third-order valence-electron chi connectivity index (χ3n) is 5.75. The zero-order chi connectivity index (χ0) is 21.0. The lowest BCUT2D eigenvalue weighted by Crippen LogP contribution is -2.23. The molecule has 0 spiro atoms. The Morgan fingerprint density at radius 3 is 1.84 bits per heavy atom. The fraction of sp³-hybridized carbons (Fsp3) is 0.0667. The number of rotatable bonds is 5. The lowest BCUT2D eigenvalue weighted by atomic mass is 10.0. The van der Waals surface area contributed by atoms with Crippen LogP contribution >= 0.6 is 7.92 Å². The van der Waals surface area contributed by atoms with Crippen molar-refractivity contribution in [1.82, 2.24) is 0 Å². The average Bonchev–Trinajstić information content (AvgIpc) is 3.32. The minimum atomic E-state index is -0.632. The zero-order valence-corrected chi connectivity index (χ0v) is 18.6. The van der Waals surface area contributed by atoms with Gasteiger partial charge in [0.25, 0.3) is 0 Å². The summed E-state index contributed by atoms with van der Waals surface area (Å²) in [6.07, 6.45) is 5.72. The topological polar surface area (TPSA) is 0 Å². The van der Waals surface area contributed by atoms with Crippen molar-refractivity contribution in [2.24, 2.45) is 0 Å². The number of hydrogen-bond acceptors (Lipinski definition) is 0. The minimum Gasteiger partial charge on any atom is -0.0722 e. The van der Waals surface area contributed by atoms with Crippen LogP contribution in [0.1, 0.15) is 23.1 Å². The highest BCUT2D eigenvalue weighted by atomic mass is 31.1. The Bertz CT molecular complexity index is 1200. The van der Waals surface area contributed by atoms with Gasteiger partial charge >= 0.3 is 0 Å². The third kappa shape index (κ3) is 4.18. The van der Waals surface area contributed by atoms with Crippen LogP contribution in [-0.2, 0) is 0 Å². The Labute approximate surface area is 186 Å². The van der Waals surface area contributed by atoms with Gasteiger partial charge in [-0.15, -0.1) is 0 Å². The van der Waals surface area contributed by atoms with Crippen molar-refractivity contribution in [2.45, 2.75) is 13.3 Å². The van der Waals surface area contributed by atoms with Crippen molar-refractivity contribution >= 4 is 35.0 Å². The number of allylic oxidation sites excluding steroid dienone is 4. The molecule has 0 saturated heterocycles. The Hall–Kier alpha value is -3.21. The van der Waals surface area contributed by atoms with Crippen molar-refractivity contribution in [3.8, 4) is 0 Å². The molecule has 4 aromatic carbocycles. The van der Waals surface area contributed by atoms with Crippen LogP contribution in [0, 0.1) is 6.92 Å². The molecule has 0 amide bonds. The van der Waals surface area contributed by atoms with Gasteiger partial charge in [0.2, 0.25) is 0 Å². The van der Waals surface area contributed by atoms with E-state index in [9.17, 15) is 0 Å². The fourth-order valence-corrected chi connectivity index (χ4v) is 6.81. The molecular formula is C30H25P. The summed E-state index contributed by atoms with van der Waals surface area (Å²) in [7, 11) is -0.632. The second kappa shape index (κ2) is 8.88. The Balaban J connectivity index is 1.64. The highest BCUT2D eigenvalue weighted by Gasteiger charge is 2.22. The summed E-state index contributed by atoms with van der Waals surface area (Å²) in [5, 5.41) is 4.23. The molecular weight excluding hydrogens is 391 g/mol. The zero-order valence-electron chi connectivity index (χ0n) is 17.7. The van der Waals surface area contributed by atoms with Crippen LogP contribution in [0.4, 0.5) is 0 Å². The quantitative estimate of drug-likeness (QED) is 0.321. The molecule has 0 saturated carbocycles. The van der Waals surface area contributed by atoms with Gasteiger partial charge in [0.15, 0.2) is 0 Å². The van der Waals surface area contributed by atoms with Gasteiger partial charge in [-0.25, -0.2) is 0 Å². The monoisotopic (exact) mass is 416 g/mol. The lowest BCUT2D eigenvalue weighted by molar-refractivity contribution is 1.42. The standard InChI is InChI=1S/C30H25P/c1-23-17-20-29(26-19-18-25(22-26)24-11-5-2-6-12-24)30(21-23)31(27-13-7-3-8-14-27)28-15-9-4-10-16-28/h2-18,20-22H,19H2,1H3. The molecule has 0 heterocycles. The van der Waals surface area contributed by atoms with Gasteiger partial charge in [-0.1, -0.05) is 127 Å². The summed E-state index contributed by atoms with van der Waals surface area (Å²) in [5.74, 6) is 0. The summed E-state index contributed by atoms with van der Waals surface area (Å²) in [6.45, 7) is 2.20. The van der Waals surface area contributed by atoms with Crippen LogP contribution in [0.3, 0.4) is 0 Å². The van der Waals surface area contributed by atoms with E-state index in [-0.39, 0.29) is 0 Å². The summed E-state index contributed by atoms with van der Waals surface area (Å²) in [4.78, 5) is 0. The maximum atomic E-state index is 2.41. The maximum Gasteiger partial charge on any atom is -0.00731 e. The molecule has 5 rings (SSSR count). The number of aryl methyl sites for hydroxylation is 1. The molecule has 31 heavy (non-hydrogen) atoms. The number of hydrogen-bond donors (Lipinski definition) is 0. The second-order valence-electron chi connectivity index (χ2n) is 7.93. The van der Waals surface area contributed by atoms with Crippen LogP contribution in [0.5, 0.6) is 0 Å². The van der Waals surface area contributed by atoms with Crippen molar-refractivity contribution < 1.29 is 0 Å². The van der Waals surface area contributed by atoms with E-state index in [0.29, 0.717) is 0 Å². The Kier molecular flexibility index (Phi) is 5.65. The average molecular weight is 417 g/mol. The van der Waals surface area contributed by atoms with Gasteiger partial charge in [-0.3, -0.25) is 0 Å². The summed E-state index contributed by atoms with van der Waals surface area (Å²) >= 11 is 0. The molecule has 0 unspecified atom stereocenters. The lowest BCUT2D eigenvalue weighted by Gasteiger charge is -2.23. The van der Waals surface area contributed by atoms with E-state index in [4.69, 9.17) is 0 Å². The first-order chi connectivity index (χ1) is 15.3. The molecule has 1 aliphatic rings. The van der Waals surface area contributed by atoms with Crippen LogP contribution in [0.25, 0.3) is 11.1 Å². The van der Waals surface area contributed by atoms with E-state index in [0.717, 1.165) is 6.42 Å². The first-order valence-corrected chi connectivity index (χ1v) is 12.1. The first kappa shape index (κ1) is 19.7. The van der Waals surface area contributed by atoms with E-state index < -0.39 is 7.92 Å². The predicted octanol–water partition coefficient (Wildman–Crippen LogP) is 6.62. The third-order valence-corrected chi connectivity index (χ3v) is 8.23. The normalized spacial score (nSPS) is 13.2. The summed E-state index contributed by atoms with van der Waals surface area (Å²) in [6, 6.07) is 39.7. The maximum absolute atomic E-state index is 2.41. The molecule has 4 aromatic rings. The van der Waals surface area contributed by atoms with Gasteiger partial charge in [-0.05, 0) is 59.5 Å². The van der Waals surface area contributed by atoms with Crippen molar-refractivity contribution in [1.29, 1.82) is 0 Å². The predicted molar refractivity (Wildman–Crippen MR) is 137 cm³/mol. The minimum absolute atomic E-state index is 0.632. The molecule has 0 atom stereocenters. The van der Waals surface area contributed by atoms with Crippen LogP contribution < -0.4 is 15.9 Å². The van der Waals surface area contributed by atoms with Gasteiger partial charge in [0, 0.05) is 0 Å². The first-order valence-electron chi connectivity index (χ1n) is 10.8. The van der Waals surface area contributed by atoms with Gasteiger partial charge in [0.05, 0.1) is 0 Å². The highest BCUT2D eigenvalue weighted by Crippen LogP contribution is 2.39. The van der Waals surface area contributed by atoms with Crippen molar-refractivity contribution in [3.05, 3.63) is 138 Å². The van der Waals surface area contributed by atoms with Crippen LogP contribution in [0.15, 0.2) is 121 Å². The molecule has 1 aliphatic carbocycles. The summed E-state index contributed by atoms with van der Waals surface area (Å²) < 4.78 is 0. The smallest absolute Gasteiger partial charge is 0.00731 e. The van der Waals surface area contributed by atoms with Crippen molar-refractivity contribution in [2.75, 3.05) is 0 Å². The van der Waals surface area contributed by atoms with E-state index in [1.807, 2.05) is 0 Å². The Morgan fingerprint density at radius 2 is 1.23 bits per heavy atom. The molecule has 1 heteroatoms. The molecule has 150 valence electrons. The van der Waals surface area contributed by atoms with Gasteiger partial charge in [0.1, 0.15) is 0 Å². The molecule has 0 aliphatic heterocycles. The van der Waals surface area contributed by atoms with Crippen molar-refractivity contribution in [3.63, 3.8) is 0 Å². The van der Waals surface area contributed by atoms with E-state index >= 15 is 0 Å². The molecule has 0 radical (unpaired) electrons. The number of benzene rings is 4. The molecule has 0 bridgehead atoms. The van der Waals surface area contributed by atoms with E-state index in [1.54, 1.807) is 0 Å². The fourth-order valence-electron chi connectivity index (χ4n) is 4.22. The molecule has 0 nitrogen and oxygen atoms in total. The highest BCUT2D eigenvalue weighted by molar-refractivity contribution is 7.80. The SMILES string of the molecule is Cc1ccc(C2=CC(c3ccccc3)=CC2)c(P(c2ccccc2)c2ccccc2)c1. The Morgan fingerprint density at radius 1 is 0.645 bits per heavy atom. The van der Waals surface area contributed by atoms with Gasteiger partial charge in [-0.2, -0.15) is 0 Å². The van der Waals surface area contributed by atoms with E-state index in [1.165, 1.54) is 43.8 Å². The molecule has 0 N–H and O–H groups in total. The second-order valence-corrected chi connectivity index (χ2v) is 10.1. The van der Waals surface area contributed by atoms with Gasteiger partial charge < -0.3 is 0 Å². The van der Waals surface area contributed by atoms with Crippen LogP contribution in [0.2, 0.25) is 0 Å². The summed E-state index contributed by atoms with van der Waals surface area (Å²) in [5.41, 5.74) is 6.72. The molecule has 0 fully saturated rings. The molecule has 0 aromatic heterocycles.